The number of ether oxygens (including phenoxy) is 4. The average Bonchev–Trinajstić information content (AvgIpc) is 0.899. The van der Waals surface area contributed by atoms with Crippen LogP contribution in [0.5, 0.6) is 23.0 Å². The predicted molar refractivity (Wildman–Crippen MR) is 490 cm³/mol. The van der Waals surface area contributed by atoms with Crippen molar-refractivity contribution in [2.45, 2.75) is 376 Å². The van der Waals surface area contributed by atoms with Crippen molar-refractivity contribution in [3.63, 3.8) is 0 Å². The molecule has 0 aliphatic rings. The Bertz CT molecular complexity index is 3430. The van der Waals surface area contributed by atoms with Gasteiger partial charge in [-0.3, -0.25) is 19.9 Å². The minimum atomic E-state index is 0.717. The molecule has 0 spiro atoms. The smallest absolute Gasteiger partial charge is 0.119 e. The van der Waals surface area contributed by atoms with Crippen molar-refractivity contribution in [1.29, 1.82) is 0 Å². The molecule has 0 aliphatic carbocycles. The zero-order valence-electron chi connectivity index (χ0n) is 73.8. The highest BCUT2D eigenvalue weighted by molar-refractivity contribution is 5.32. The highest BCUT2D eigenvalue weighted by atomic mass is 16.5. The van der Waals surface area contributed by atoms with Crippen LogP contribution in [0.2, 0.25) is 0 Å². The molecule has 4 aromatic carbocycles. The van der Waals surface area contributed by atoms with Gasteiger partial charge in [0.2, 0.25) is 0 Å². The highest BCUT2D eigenvalue weighted by Crippen LogP contribution is 2.22. The van der Waals surface area contributed by atoms with E-state index in [-0.39, 0.29) is 0 Å². The van der Waals surface area contributed by atoms with Crippen molar-refractivity contribution in [3.8, 4) is 23.0 Å². The molecule has 0 saturated heterocycles. The van der Waals surface area contributed by atoms with Gasteiger partial charge in [-0.15, -0.1) is 0 Å². The Kier molecular flexibility index (Phi) is 57.9. The van der Waals surface area contributed by atoms with E-state index in [0.29, 0.717) is 6.61 Å². The Labute approximate surface area is 698 Å². The molecule has 4 heterocycles. The van der Waals surface area contributed by atoms with Crippen molar-refractivity contribution in [2.75, 3.05) is 26.4 Å². The summed E-state index contributed by atoms with van der Waals surface area (Å²) in [7, 11) is 0. The lowest BCUT2D eigenvalue weighted by atomic mass is 10.0. The summed E-state index contributed by atoms with van der Waals surface area (Å²) < 4.78 is 22.7. The molecule has 0 radical (unpaired) electrons. The van der Waals surface area contributed by atoms with E-state index in [1.54, 1.807) is 0 Å². The summed E-state index contributed by atoms with van der Waals surface area (Å²) in [5, 5.41) is 0. The van der Waals surface area contributed by atoms with Gasteiger partial charge in [0, 0.05) is 47.6 Å². The summed E-state index contributed by atoms with van der Waals surface area (Å²) in [4.78, 5) is 18.7. The molecule has 8 rings (SSSR count). The quantitative estimate of drug-likeness (QED) is 0.0348. The van der Waals surface area contributed by atoms with Crippen LogP contribution in [0, 0.1) is 0 Å². The Morgan fingerprint density at radius 3 is 0.605 bits per heavy atom. The number of aryl methyl sites for hydroxylation is 12. The molecule has 628 valence electrons. The van der Waals surface area contributed by atoms with Gasteiger partial charge in [-0.2, -0.15) is 0 Å². The number of rotatable bonds is 62. The third kappa shape index (κ3) is 49.6. The molecule has 0 unspecified atom stereocenters. The lowest BCUT2D eigenvalue weighted by Gasteiger charge is -2.07. The molecule has 0 amide bonds. The third-order valence-electron chi connectivity index (χ3n) is 21.8. The largest absolute Gasteiger partial charge is 0.494 e. The molecule has 8 aromatic rings. The topological polar surface area (TPSA) is 88.5 Å². The van der Waals surface area contributed by atoms with E-state index in [0.717, 1.165) is 113 Å². The maximum Gasteiger partial charge on any atom is 0.119 e. The third-order valence-corrected chi connectivity index (χ3v) is 21.8. The van der Waals surface area contributed by atoms with Gasteiger partial charge < -0.3 is 18.9 Å². The minimum absolute atomic E-state index is 0.717. The molecule has 4 aromatic heterocycles. The number of benzene rings is 4. The molecule has 0 N–H and O–H groups in total. The van der Waals surface area contributed by atoms with E-state index in [4.69, 9.17) is 23.9 Å². The SMILES string of the molecule is CCCCCCCCCCc1ccc(CCc2ccc(OCC)cc2)nc1.CCCCCCCCCCc1ccc(CCc2ccc(OCCC)cc2)nc1.CCCCCCCCCCc1ccc(CCc2ccc(OCCCC)cc2)nc1.CCCCCCCCCCc1ccc(CCc2ccc(OCCCCC)cc2)nc1. The molecule has 8 heteroatoms. The number of pyridine rings is 4. The first-order chi connectivity index (χ1) is 56.3. The van der Waals surface area contributed by atoms with E-state index in [1.165, 1.54) is 318 Å². The first-order valence-corrected chi connectivity index (χ1v) is 46.9. The second-order valence-electron chi connectivity index (χ2n) is 32.1. The van der Waals surface area contributed by atoms with Gasteiger partial charge in [-0.1, -0.05) is 320 Å². The summed E-state index contributed by atoms with van der Waals surface area (Å²) in [6.07, 6.45) is 72.0. The molecule has 0 atom stereocenters. The fourth-order valence-electron chi connectivity index (χ4n) is 14.2. The highest BCUT2D eigenvalue weighted by Gasteiger charge is 2.08. The van der Waals surface area contributed by atoms with Crippen molar-refractivity contribution >= 4 is 0 Å². The summed E-state index contributed by atoms with van der Waals surface area (Å²) in [6.45, 7) is 20.8. The fraction of sp³-hybridized carbons (Fsp3) is 0.585. The van der Waals surface area contributed by atoms with Crippen LogP contribution in [0.1, 0.15) is 367 Å². The first kappa shape index (κ1) is 97.3. The van der Waals surface area contributed by atoms with Crippen LogP contribution in [0.15, 0.2) is 170 Å². The summed E-state index contributed by atoms with van der Waals surface area (Å²) in [6, 6.07) is 51.9. The second kappa shape index (κ2) is 67.8. The van der Waals surface area contributed by atoms with E-state index in [9.17, 15) is 0 Å². The Morgan fingerprint density at radius 1 is 0.167 bits per heavy atom. The first-order valence-electron chi connectivity index (χ1n) is 46.9. The number of unbranched alkanes of at least 4 members (excludes halogenated alkanes) is 31. The van der Waals surface area contributed by atoms with E-state index in [2.05, 4.69) is 234 Å². The van der Waals surface area contributed by atoms with E-state index >= 15 is 0 Å². The van der Waals surface area contributed by atoms with Gasteiger partial charge in [0.1, 0.15) is 23.0 Å². The van der Waals surface area contributed by atoms with Gasteiger partial charge in [0.05, 0.1) is 26.4 Å². The summed E-state index contributed by atoms with van der Waals surface area (Å²) in [5.41, 5.74) is 15.6. The van der Waals surface area contributed by atoms with Gasteiger partial charge in [-0.25, -0.2) is 0 Å². The van der Waals surface area contributed by atoms with Crippen LogP contribution in [0.3, 0.4) is 0 Å². The van der Waals surface area contributed by atoms with Crippen LogP contribution in [-0.2, 0) is 77.0 Å². The Morgan fingerprint density at radius 2 is 0.377 bits per heavy atom. The zero-order valence-corrected chi connectivity index (χ0v) is 73.8. The zero-order chi connectivity index (χ0) is 80.9. The maximum atomic E-state index is 5.80. The molecule has 8 nitrogen and oxygen atoms in total. The van der Waals surface area contributed by atoms with Crippen LogP contribution in [-0.4, -0.2) is 46.4 Å². The molecule has 0 aliphatic heterocycles. The van der Waals surface area contributed by atoms with Crippen molar-refractivity contribution in [2.24, 2.45) is 0 Å². The monoisotopic (exact) mass is 1550 g/mol. The van der Waals surface area contributed by atoms with Crippen molar-refractivity contribution in [1.82, 2.24) is 19.9 Å². The van der Waals surface area contributed by atoms with Crippen LogP contribution < -0.4 is 18.9 Å². The molecular weight excluding hydrogens is 1390 g/mol. The van der Waals surface area contributed by atoms with Gasteiger partial charge in [0.15, 0.2) is 0 Å². The van der Waals surface area contributed by atoms with E-state index < -0.39 is 0 Å². The number of hydrogen-bond donors (Lipinski definition) is 0. The van der Waals surface area contributed by atoms with E-state index in [1.807, 2.05) is 6.92 Å². The minimum Gasteiger partial charge on any atom is -0.494 e. The standard InChI is InChI=1S/C28H43NO.C27H41NO.C26H39NO.C25H37NO/c1-3-5-7-8-9-10-11-12-14-26-16-20-27(29-24-26)19-15-25-17-21-28(22-18-25)30-23-13-6-4-2;1-3-5-7-8-9-10-11-12-13-25-15-19-26(28-23-25)18-14-24-16-20-27(21-17-24)29-22-6-4-2;1-3-5-6-7-8-9-10-11-12-24-14-18-25(27-22-24)17-13-23-15-19-26(20-16-23)28-21-4-2;1-3-5-6-7-8-9-10-11-12-23-14-18-24(26-21-23)17-13-22-15-19-25(20-16-22)27-4-2/h16-18,20-22,24H,3-15,19,23H2,1-2H3;15-17,19-21,23H,3-14,18,22H2,1-2H3;14-16,18-20,22H,3-13,17,21H2,1-2H3;14-16,18-21H,3-13,17H2,1-2H3. The number of hydrogen-bond acceptors (Lipinski definition) is 8. The summed E-state index contributed by atoms with van der Waals surface area (Å²) in [5.74, 6) is 3.88. The number of nitrogens with zero attached hydrogens (tertiary/aromatic N) is 4. The maximum absolute atomic E-state index is 5.80. The Hall–Kier alpha value is -7.32. The average molecular weight is 1550 g/mol. The normalized spacial score (nSPS) is 10.9. The molecule has 0 saturated carbocycles. The van der Waals surface area contributed by atoms with Crippen LogP contribution in [0.4, 0.5) is 0 Å². The fourth-order valence-corrected chi connectivity index (χ4v) is 14.2. The summed E-state index contributed by atoms with van der Waals surface area (Å²) >= 11 is 0. The van der Waals surface area contributed by atoms with Gasteiger partial charge in [-0.05, 0) is 246 Å². The van der Waals surface area contributed by atoms with Crippen LogP contribution in [0.25, 0.3) is 0 Å². The van der Waals surface area contributed by atoms with Crippen molar-refractivity contribution < 1.29 is 18.9 Å². The van der Waals surface area contributed by atoms with Crippen molar-refractivity contribution in [3.05, 3.63) is 238 Å². The molecule has 0 fully saturated rings. The lowest BCUT2D eigenvalue weighted by molar-refractivity contribution is 0.306. The van der Waals surface area contributed by atoms with Gasteiger partial charge >= 0.3 is 0 Å². The van der Waals surface area contributed by atoms with Crippen LogP contribution >= 0.6 is 0 Å². The van der Waals surface area contributed by atoms with Gasteiger partial charge in [0.25, 0.3) is 0 Å². The predicted octanol–water partition coefficient (Wildman–Crippen LogP) is 30.1. The Balaban J connectivity index is 0.000000272. The molecular formula is C106H160N4O4. The number of aromatic nitrogens is 4. The molecule has 0 bridgehead atoms. The molecule has 114 heavy (non-hydrogen) atoms. The lowest BCUT2D eigenvalue weighted by Crippen LogP contribution is -1.98. The second-order valence-corrected chi connectivity index (χ2v) is 32.1.